The maximum atomic E-state index is 12.6. The summed E-state index contributed by atoms with van der Waals surface area (Å²) in [6.45, 7) is 1.48. The van der Waals surface area contributed by atoms with Crippen LogP contribution in [0.25, 0.3) is 5.65 Å². The third kappa shape index (κ3) is 1.92. The van der Waals surface area contributed by atoms with Crippen molar-refractivity contribution in [2.75, 3.05) is 0 Å². The molecule has 0 bridgehead atoms. The van der Waals surface area contributed by atoms with Crippen LogP contribution >= 0.6 is 15.9 Å². The lowest BCUT2D eigenvalue weighted by atomic mass is 10.3. The van der Waals surface area contributed by atoms with Gasteiger partial charge in [0.15, 0.2) is 11.3 Å². The first kappa shape index (κ1) is 12.0. The highest BCUT2D eigenvalue weighted by Crippen LogP contribution is 2.31. The largest absolute Gasteiger partial charge is 0.434 e. The molecule has 8 heteroatoms. The van der Waals surface area contributed by atoms with Crippen molar-refractivity contribution in [3.63, 3.8) is 0 Å². The van der Waals surface area contributed by atoms with Crippen molar-refractivity contribution in [3.05, 3.63) is 38.6 Å². The Bertz CT molecular complexity index is 650. The first-order valence-electron chi connectivity index (χ1n) is 4.43. The highest BCUT2D eigenvalue weighted by atomic mass is 79.9. The van der Waals surface area contributed by atoms with E-state index in [1.807, 2.05) is 0 Å². The Morgan fingerprint density at radius 3 is 2.65 bits per heavy atom. The molecule has 0 radical (unpaired) electrons. The SMILES string of the molecule is Cc1nccn2c(=O)c(Br)c(C(F)(F)F)nc12. The molecule has 2 heterocycles. The fourth-order valence-corrected chi connectivity index (χ4v) is 1.87. The molecular weight excluding hydrogens is 303 g/mol. The fraction of sp³-hybridized carbons (Fsp3) is 0.222. The molecule has 0 aliphatic carbocycles. The van der Waals surface area contributed by atoms with Crippen LogP contribution in [0, 0.1) is 6.92 Å². The van der Waals surface area contributed by atoms with Gasteiger partial charge in [0, 0.05) is 12.4 Å². The predicted molar refractivity (Wildman–Crippen MR) is 56.7 cm³/mol. The van der Waals surface area contributed by atoms with Crippen molar-refractivity contribution in [2.45, 2.75) is 13.1 Å². The first-order chi connectivity index (χ1) is 7.82. The third-order valence-corrected chi connectivity index (χ3v) is 2.85. The van der Waals surface area contributed by atoms with Gasteiger partial charge < -0.3 is 0 Å². The van der Waals surface area contributed by atoms with Crippen LogP contribution in [0.2, 0.25) is 0 Å². The second kappa shape index (κ2) is 3.80. The van der Waals surface area contributed by atoms with Crippen molar-refractivity contribution in [1.82, 2.24) is 14.4 Å². The summed E-state index contributed by atoms with van der Waals surface area (Å²) in [5.41, 5.74) is -1.90. The topological polar surface area (TPSA) is 47.3 Å². The van der Waals surface area contributed by atoms with Crippen LogP contribution in [0.5, 0.6) is 0 Å². The van der Waals surface area contributed by atoms with E-state index >= 15 is 0 Å². The Kier molecular flexibility index (Phi) is 2.69. The van der Waals surface area contributed by atoms with Gasteiger partial charge in [-0.1, -0.05) is 0 Å². The van der Waals surface area contributed by atoms with Crippen LogP contribution in [0.15, 0.2) is 21.7 Å². The highest BCUT2D eigenvalue weighted by Gasteiger charge is 2.37. The van der Waals surface area contributed by atoms with Crippen molar-refractivity contribution in [3.8, 4) is 0 Å². The van der Waals surface area contributed by atoms with Crippen molar-refractivity contribution < 1.29 is 13.2 Å². The van der Waals surface area contributed by atoms with Crippen LogP contribution in [0.3, 0.4) is 0 Å². The van der Waals surface area contributed by atoms with E-state index in [0.29, 0.717) is 0 Å². The molecule has 2 rings (SSSR count). The van der Waals surface area contributed by atoms with Gasteiger partial charge in [0.2, 0.25) is 0 Å². The number of halogens is 4. The Morgan fingerprint density at radius 2 is 2.06 bits per heavy atom. The van der Waals surface area contributed by atoms with Gasteiger partial charge in [0.1, 0.15) is 4.47 Å². The minimum atomic E-state index is -4.69. The average molecular weight is 308 g/mol. The predicted octanol–water partition coefficient (Wildman–Crippen LogP) is 2.18. The number of hydrogen-bond donors (Lipinski definition) is 0. The first-order valence-corrected chi connectivity index (χ1v) is 5.22. The average Bonchev–Trinajstić information content (AvgIpc) is 2.22. The van der Waals surface area contributed by atoms with Crippen LogP contribution in [-0.2, 0) is 6.18 Å². The highest BCUT2D eigenvalue weighted by molar-refractivity contribution is 9.10. The van der Waals surface area contributed by atoms with Gasteiger partial charge >= 0.3 is 6.18 Å². The second-order valence-electron chi connectivity index (χ2n) is 3.28. The molecule has 0 aromatic carbocycles. The quantitative estimate of drug-likeness (QED) is 0.749. The molecule has 0 amide bonds. The summed E-state index contributed by atoms with van der Waals surface area (Å²) in [5.74, 6) is 0. The molecule has 0 aliphatic heterocycles. The Hall–Kier alpha value is -1.44. The normalized spacial score (nSPS) is 12.1. The molecule has 0 unspecified atom stereocenters. The standard InChI is InChI=1S/C9H5BrF3N3O/c1-4-7-15-6(9(11,12)13)5(10)8(17)16(7)3-2-14-4/h2-3H,1H3. The number of alkyl halides is 3. The Morgan fingerprint density at radius 1 is 1.41 bits per heavy atom. The zero-order chi connectivity index (χ0) is 12.8. The number of fused-ring (bicyclic) bond motifs is 1. The lowest BCUT2D eigenvalue weighted by Crippen LogP contribution is -2.23. The molecule has 0 saturated carbocycles. The van der Waals surface area contributed by atoms with E-state index in [1.165, 1.54) is 19.3 Å². The summed E-state index contributed by atoms with van der Waals surface area (Å²) in [7, 11) is 0. The number of aryl methyl sites for hydroxylation is 1. The zero-order valence-corrected chi connectivity index (χ0v) is 10.0. The van der Waals surface area contributed by atoms with Gasteiger partial charge in [-0.05, 0) is 22.9 Å². The maximum absolute atomic E-state index is 12.6. The maximum Gasteiger partial charge on any atom is 0.434 e. The summed E-state index contributed by atoms with van der Waals surface area (Å²) in [5, 5.41) is 0. The van der Waals surface area contributed by atoms with Crippen LogP contribution < -0.4 is 5.56 Å². The number of rotatable bonds is 0. The molecule has 0 fully saturated rings. The van der Waals surface area contributed by atoms with Crippen LogP contribution in [-0.4, -0.2) is 14.4 Å². The Balaban J connectivity index is 2.96. The summed E-state index contributed by atoms with van der Waals surface area (Å²) in [6, 6.07) is 0. The van der Waals surface area contributed by atoms with Crippen molar-refractivity contribution in [2.24, 2.45) is 0 Å². The van der Waals surface area contributed by atoms with Gasteiger partial charge in [-0.15, -0.1) is 0 Å². The minimum absolute atomic E-state index is 0.104. The molecule has 0 saturated heterocycles. The molecular formula is C9H5BrF3N3O. The van der Waals surface area contributed by atoms with Crippen LogP contribution in [0.4, 0.5) is 13.2 Å². The minimum Gasteiger partial charge on any atom is -0.268 e. The molecule has 17 heavy (non-hydrogen) atoms. The zero-order valence-electron chi connectivity index (χ0n) is 8.42. The van der Waals surface area contributed by atoms with E-state index in [2.05, 4.69) is 25.9 Å². The molecule has 0 spiro atoms. The molecule has 0 aliphatic rings. The summed E-state index contributed by atoms with van der Waals surface area (Å²) >= 11 is 2.63. The smallest absolute Gasteiger partial charge is 0.268 e. The molecule has 0 N–H and O–H groups in total. The summed E-state index contributed by atoms with van der Waals surface area (Å²) in [4.78, 5) is 18.9. The lowest BCUT2D eigenvalue weighted by molar-refractivity contribution is -0.141. The summed E-state index contributed by atoms with van der Waals surface area (Å²) < 4.78 is 38.3. The van der Waals surface area contributed by atoms with E-state index in [4.69, 9.17) is 0 Å². The van der Waals surface area contributed by atoms with E-state index < -0.39 is 21.9 Å². The van der Waals surface area contributed by atoms with Gasteiger partial charge in [-0.25, -0.2) is 4.98 Å². The monoisotopic (exact) mass is 307 g/mol. The lowest BCUT2D eigenvalue weighted by Gasteiger charge is -2.10. The van der Waals surface area contributed by atoms with E-state index in [0.717, 1.165) is 4.40 Å². The summed E-state index contributed by atoms with van der Waals surface area (Å²) in [6.07, 6.45) is -2.09. The fourth-order valence-electron chi connectivity index (χ4n) is 1.36. The van der Waals surface area contributed by atoms with Crippen molar-refractivity contribution >= 4 is 21.6 Å². The van der Waals surface area contributed by atoms with E-state index in [1.54, 1.807) is 0 Å². The number of nitrogens with zero attached hydrogens (tertiary/aromatic N) is 3. The number of aromatic nitrogens is 3. The van der Waals surface area contributed by atoms with Gasteiger partial charge in [-0.2, -0.15) is 13.2 Å². The molecule has 0 atom stereocenters. The Labute approximate surface area is 101 Å². The van der Waals surface area contributed by atoms with Gasteiger partial charge in [0.05, 0.1) is 5.69 Å². The van der Waals surface area contributed by atoms with E-state index in [-0.39, 0.29) is 11.3 Å². The van der Waals surface area contributed by atoms with E-state index in [9.17, 15) is 18.0 Å². The second-order valence-corrected chi connectivity index (χ2v) is 4.08. The van der Waals surface area contributed by atoms with Gasteiger partial charge in [-0.3, -0.25) is 14.2 Å². The van der Waals surface area contributed by atoms with Crippen LogP contribution in [0.1, 0.15) is 11.4 Å². The molecule has 2 aromatic rings. The third-order valence-electron chi connectivity index (χ3n) is 2.14. The van der Waals surface area contributed by atoms with Crippen molar-refractivity contribution in [1.29, 1.82) is 0 Å². The van der Waals surface area contributed by atoms with Gasteiger partial charge in [0.25, 0.3) is 5.56 Å². The molecule has 2 aromatic heterocycles. The number of hydrogen-bond acceptors (Lipinski definition) is 3. The molecule has 90 valence electrons. The molecule has 4 nitrogen and oxygen atoms in total.